The van der Waals surface area contributed by atoms with Gasteiger partial charge in [-0.3, -0.25) is 4.90 Å². The molecule has 1 N–H and O–H groups in total. The molecule has 0 aliphatic rings. The largest absolute Gasteiger partial charge is 0.468 e. The highest BCUT2D eigenvalue weighted by Gasteiger charge is 2.15. The number of nitrogens with one attached hydrogen (secondary N) is 1. The molecule has 0 amide bonds. The summed E-state index contributed by atoms with van der Waals surface area (Å²) in [5.41, 5.74) is 1.21. The van der Waals surface area contributed by atoms with Crippen LogP contribution in [0.4, 0.5) is 0 Å². The third-order valence-corrected chi connectivity index (χ3v) is 3.11. The molecule has 0 saturated heterocycles. The van der Waals surface area contributed by atoms with Crippen molar-refractivity contribution in [1.29, 1.82) is 0 Å². The molecule has 0 radical (unpaired) electrons. The minimum absolute atomic E-state index is 0.530. The van der Waals surface area contributed by atoms with E-state index in [1.54, 1.807) is 0 Å². The Balaban J connectivity index is 2.55. The predicted octanol–water partition coefficient (Wildman–Crippen LogP) is 1.77. The van der Waals surface area contributed by atoms with E-state index in [0.717, 1.165) is 31.9 Å². The van der Waals surface area contributed by atoms with Crippen LogP contribution in [0.15, 0.2) is 16.7 Å². The van der Waals surface area contributed by atoms with E-state index in [1.807, 2.05) is 13.3 Å². The van der Waals surface area contributed by atoms with Crippen molar-refractivity contribution in [3.8, 4) is 0 Å². The molecule has 4 heteroatoms. The van der Waals surface area contributed by atoms with Gasteiger partial charge in [0.25, 0.3) is 0 Å². The van der Waals surface area contributed by atoms with E-state index in [0.29, 0.717) is 6.04 Å². The van der Waals surface area contributed by atoms with Crippen molar-refractivity contribution in [3.63, 3.8) is 0 Å². The first-order valence-corrected chi connectivity index (χ1v) is 6.66. The van der Waals surface area contributed by atoms with Gasteiger partial charge >= 0.3 is 0 Å². The van der Waals surface area contributed by atoms with Crippen molar-refractivity contribution in [2.75, 3.05) is 34.2 Å². The zero-order chi connectivity index (χ0) is 13.5. The first kappa shape index (κ1) is 15.2. The average Bonchev–Trinajstić information content (AvgIpc) is 2.73. The summed E-state index contributed by atoms with van der Waals surface area (Å²) < 4.78 is 5.61. The fourth-order valence-electron chi connectivity index (χ4n) is 2.23. The first-order chi connectivity index (χ1) is 8.56. The van der Waals surface area contributed by atoms with Crippen molar-refractivity contribution in [1.82, 2.24) is 15.1 Å². The Kier molecular flexibility index (Phi) is 6.39. The van der Waals surface area contributed by atoms with Gasteiger partial charge in [-0.2, -0.15) is 0 Å². The molecule has 0 spiro atoms. The van der Waals surface area contributed by atoms with Crippen molar-refractivity contribution in [3.05, 3.63) is 23.7 Å². The van der Waals surface area contributed by atoms with Crippen LogP contribution >= 0.6 is 0 Å². The molecule has 0 aliphatic heterocycles. The molecule has 0 bridgehead atoms. The van der Waals surface area contributed by atoms with Crippen LogP contribution in [-0.2, 0) is 13.1 Å². The third kappa shape index (κ3) is 4.80. The maximum absolute atomic E-state index is 5.61. The van der Waals surface area contributed by atoms with Crippen molar-refractivity contribution < 1.29 is 4.42 Å². The van der Waals surface area contributed by atoms with E-state index in [1.165, 1.54) is 5.56 Å². The molecular weight excluding hydrogens is 226 g/mol. The second-order valence-electron chi connectivity index (χ2n) is 5.13. The second kappa shape index (κ2) is 7.56. The quantitative estimate of drug-likeness (QED) is 0.765. The van der Waals surface area contributed by atoms with Crippen LogP contribution in [0, 0.1) is 0 Å². The lowest BCUT2D eigenvalue weighted by Crippen LogP contribution is -2.39. The van der Waals surface area contributed by atoms with Crippen LogP contribution in [0.5, 0.6) is 0 Å². The number of hydrogen-bond donors (Lipinski definition) is 1. The number of hydrogen-bond acceptors (Lipinski definition) is 4. The molecule has 4 nitrogen and oxygen atoms in total. The van der Waals surface area contributed by atoms with Crippen LogP contribution in [-0.4, -0.2) is 50.1 Å². The van der Waals surface area contributed by atoms with Crippen LogP contribution in [0.2, 0.25) is 0 Å². The van der Waals surface area contributed by atoms with Crippen molar-refractivity contribution in [2.45, 2.75) is 33.0 Å². The monoisotopic (exact) mass is 253 g/mol. The molecule has 1 atom stereocenters. The van der Waals surface area contributed by atoms with Gasteiger partial charge in [0, 0.05) is 24.7 Å². The number of likely N-dealkylation sites (N-methyl/N-ethyl adjacent to an activating group) is 2. The van der Waals surface area contributed by atoms with Gasteiger partial charge in [-0.05, 0) is 40.7 Å². The van der Waals surface area contributed by atoms with Gasteiger partial charge in [0.15, 0.2) is 0 Å². The molecular formula is C14H27N3O. The highest BCUT2D eigenvalue weighted by molar-refractivity contribution is 5.12. The highest BCUT2D eigenvalue weighted by Crippen LogP contribution is 2.12. The second-order valence-corrected chi connectivity index (χ2v) is 5.13. The molecule has 1 unspecified atom stereocenters. The van der Waals surface area contributed by atoms with Crippen LogP contribution in [0.3, 0.4) is 0 Å². The van der Waals surface area contributed by atoms with E-state index in [2.05, 4.69) is 49.1 Å². The average molecular weight is 253 g/mol. The number of rotatable bonds is 8. The topological polar surface area (TPSA) is 31.6 Å². The predicted molar refractivity (Wildman–Crippen MR) is 75.6 cm³/mol. The van der Waals surface area contributed by atoms with Gasteiger partial charge in [-0.25, -0.2) is 0 Å². The molecule has 0 fully saturated rings. The number of nitrogens with zero attached hydrogens (tertiary/aromatic N) is 2. The van der Waals surface area contributed by atoms with Gasteiger partial charge < -0.3 is 14.6 Å². The summed E-state index contributed by atoms with van der Waals surface area (Å²) in [5, 5.41) is 3.13. The fraction of sp³-hybridized carbons (Fsp3) is 0.714. The zero-order valence-electron chi connectivity index (χ0n) is 12.4. The third-order valence-electron chi connectivity index (χ3n) is 3.11. The molecule has 0 saturated carbocycles. The molecule has 1 rings (SSSR count). The summed E-state index contributed by atoms with van der Waals surface area (Å²) in [6.45, 7) is 8.32. The summed E-state index contributed by atoms with van der Waals surface area (Å²) in [7, 11) is 6.18. The summed E-state index contributed by atoms with van der Waals surface area (Å²) in [5.74, 6) is 1.05. The van der Waals surface area contributed by atoms with Crippen LogP contribution in [0.1, 0.15) is 25.2 Å². The lowest BCUT2D eigenvalue weighted by Gasteiger charge is -2.29. The SMILES string of the molecule is CCN(Cc1cc(CNC)co1)C(C)CN(C)C. The molecule has 0 aliphatic carbocycles. The van der Waals surface area contributed by atoms with Gasteiger partial charge in [-0.1, -0.05) is 6.92 Å². The Morgan fingerprint density at radius 3 is 2.67 bits per heavy atom. The number of furan rings is 1. The minimum Gasteiger partial charge on any atom is -0.468 e. The van der Waals surface area contributed by atoms with E-state index >= 15 is 0 Å². The van der Waals surface area contributed by atoms with Gasteiger partial charge in [-0.15, -0.1) is 0 Å². The highest BCUT2D eigenvalue weighted by atomic mass is 16.3. The minimum atomic E-state index is 0.530. The maximum Gasteiger partial charge on any atom is 0.118 e. The fourth-order valence-corrected chi connectivity index (χ4v) is 2.23. The van der Waals surface area contributed by atoms with Crippen molar-refractivity contribution in [2.24, 2.45) is 0 Å². The summed E-state index contributed by atoms with van der Waals surface area (Å²) >= 11 is 0. The molecule has 1 heterocycles. The van der Waals surface area contributed by atoms with E-state index in [4.69, 9.17) is 4.42 Å². The molecule has 0 aromatic carbocycles. The summed E-state index contributed by atoms with van der Waals surface area (Å²) in [6, 6.07) is 2.67. The molecule has 18 heavy (non-hydrogen) atoms. The van der Waals surface area contributed by atoms with Gasteiger partial charge in [0.2, 0.25) is 0 Å². The first-order valence-electron chi connectivity index (χ1n) is 6.66. The van der Waals surface area contributed by atoms with Crippen molar-refractivity contribution >= 4 is 0 Å². The Labute approximate surface area is 111 Å². The maximum atomic E-state index is 5.61. The Morgan fingerprint density at radius 2 is 2.11 bits per heavy atom. The summed E-state index contributed by atoms with van der Waals surface area (Å²) in [6.07, 6.45) is 1.84. The Bertz CT molecular complexity index is 336. The van der Waals surface area contributed by atoms with E-state index < -0.39 is 0 Å². The molecule has 1 aromatic rings. The lowest BCUT2D eigenvalue weighted by atomic mass is 10.2. The Morgan fingerprint density at radius 1 is 1.39 bits per heavy atom. The van der Waals surface area contributed by atoms with E-state index in [9.17, 15) is 0 Å². The van der Waals surface area contributed by atoms with E-state index in [-0.39, 0.29) is 0 Å². The lowest BCUT2D eigenvalue weighted by molar-refractivity contribution is 0.163. The van der Waals surface area contributed by atoms with Crippen LogP contribution in [0.25, 0.3) is 0 Å². The smallest absolute Gasteiger partial charge is 0.118 e. The van der Waals surface area contributed by atoms with Gasteiger partial charge in [0.1, 0.15) is 5.76 Å². The Hall–Kier alpha value is -0.840. The molecule has 1 aromatic heterocycles. The standard InChI is InChI=1S/C14H27N3O/c1-6-17(12(2)9-16(4)5)10-14-7-13(8-15-3)11-18-14/h7,11-12,15H,6,8-10H2,1-5H3. The normalized spacial score (nSPS) is 13.5. The van der Waals surface area contributed by atoms with Crippen LogP contribution < -0.4 is 5.32 Å². The molecule has 104 valence electrons. The van der Waals surface area contributed by atoms with Gasteiger partial charge in [0.05, 0.1) is 12.8 Å². The summed E-state index contributed by atoms with van der Waals surface area (Å²) in [4.78, 5) is 4.66. The zero-order valence-corrected chi connectivity index (χ0v) is 12.4.